The predicted octanol–water partition coefficient (Wildman–Crippen LogP) is 6.67. The lowest BCUT2D eigenvalue weighted by Crippen LogP contribution is -2.55. The minimum Gasteiger partial charge on any atom is -0.478 e. The SMILES string of the molecule is O=C(O)/C=C/c1ccc(NC(=O)C2(NC(=O)c3ccc4c(C5CCCCC5)c(-c5ccccc5)n(CC(=O)NCC5COCCO5)c4c3)CCCC2)cc1. The summed E-state index contributed by atoms with van der Waals surface area (Å²) in [6, 6.07) is 22.8. The van der Waals surface area contributed by atoms with Crippen LogP contribution >= 0.6 is 0 Å². The number of aliphatic carboxylic acids is 1. The number of carboxylic acid groups (broad SMARTS) is 1. The molecule has 11 nitrogen and oxygen atoms in total. The smallest absolute Gasteiger partial charge is 0.328 e. The van der Waals surface area contributed by atoms with E-state index in [-0.39, 0.29) is 30.4 Å². The van der Waals surface area contributed by atoms with Gasteiger partial charge in [0.05, 0.1) is 37.1 Å². The lowest BCUT2D eigenvalue weighted by molar-refractivity contribution is -0.131. The number of rotatable bonds is 12. The summed E-state index contributed by atoms with van der Waals surface area (Å²) in [7, 11) is 0. The third kappa shape index (κ3) is 8.42. The van der Waals surface area contributed by atoms with Crippen LogP contribution in [0.1, 0.15) is 85.2 Å². The molecule has 1 atom stereocenters. The molecule has 7 rings (SSSR count). The Morgan fingerprint density at radius 2 is 1.65 bits per heavy atom. The summed E-state index contributed by atoms with van der Waals surface area (Å²) in [6.45, 7) is 1.89. The van der Waals surface area contributed by atoms with Crippen LogP contribution in [-0.2, 0) is 30.4 Å². The van der Waals surface area contributed by atoms with Crippen molar-refractivity contribution in [3.05, 3.63) is 95.6 Å². The minimum atomic E-state index is -1.09. The van der Waals surface area contributed by atoms with E-state index < -0.39 is 11.5 Å². The van der Waals surface area contributed by atoms with Crippen LogP contribution in [0.3, 0.4) is 0 Å². The number of anilines is 1. The highest BCUT2D eigenvalue weighted by molar-refractivity contribution is 6.06. The van der Waals surface area contributed by atoms with E-state index in [9.17, 15) is 19.2 Å². The highest BCUT2D eigenvalue weighted by atomic mass is 16.6. The second-order valence-corrected chi connectivity index (χ2v) is 14.6. The zero-order valence-electron chi connectivity index (χ0n) is 30.5. The molecule has 1 unspecified atom stereocenters. The molecule has 0 bridgehead atoms. The standard InChI is InChI=1S/C43H48N4O7/c48-37(44-26-34-28-53-23-24-54-34)27-47-36-25-32(16-19-35(36)39(30-9-3-1-4-10-30)40(47)31-11-5-2-6-12-31)41(51)46-43(21-7-8-22-43)42(52)45-33-17-13-29(14-18-33)15-20-38(49)50/h2,5-6,11-20,25,30,34H,1,3-4,7-10,21-24,26-28H2,(H,44,48)(H,45,52)(H,46,51)(H,49,50)/b20-15+. The molecule has 11 heteroatoms. The molecule has 1 aliphatic heterocycles. The molecule has 0 spiro atoms. The van der Waals surface area contributed by atoms with Gasteiger partial charge in [0.2, 0.25) is 11.8 Å². The van der Waals surface area contributed by atoms with Crippen molar-refractivity contribution in [2.45, 2.75) is 81.9 Å². The van der Waals surface area contributed by atoms with Crippen molar-refractivity contribution in [1.29, 1.82) is 0 Å². The molecule has 4 N–H and O–H groups in total. The van der Waals surface area contributed by atoms with Crippen molar-refractivity contribution >= 4 is 46.4 Å². The van der Waals surface area contributed by atoms with E-state index in [0.717, 1.165) is 66.8 Å². The van der Waals surface area contributed by atoms with E-state index in [1.54, 1.807) is 24.3 Å². The summed E-state index contributed by atoms with van der Waals surface area (Å²) in [5.74, 6) is -1.52. The van der Waals surface area contributed by atoms with Crippen molar-refractivity contribution in [1.82, 2.24) is 15.2 Å². The number of ether oxygens (including phenoxy) is 2. The van der Waals surface area contributed by atoms with Gasteiger partial charge >= 0.3 is 5.97 Å². The Bertz CT molecular complexity index is 2000. The van der Waals surface area contributed by atoms with Gasteiger partial charge in [-0.1, -0.05) is 80.6 Å². The molecule has 2 aliphatic carbocycles. The number of benzene rings is 3. The van der Waals surface area contributed by atoms with E-state index in [2.05, 4.69) is 32.7 Å². The van der Waals surface area contributed by atoms with Crippen molar-refractivity contribution in [2.75, 3.05) is 31.7 Å². The monoisotopic (exact) mass is 732 g/mol. The van der Waals surface area contributed by atoms with E-state index in [1.165, 1.54) is 18.1 Å². The second kappa shape index (κ2) is 16.8. The molecule has 4 aromatic rings. The van der Waals surface area contributed by atoms with Crippen molar-refractivity contribution in [3.63, 3.8) is 0 Å². The number of nitrogens with zero attached hydrogens (tertiary/aromatic N) is 1. The summed E-state index contributed by atoms with van der Waals surface area (Å²) in [5, 5.41) is 19.1. The third-order valence-electron chi connectivity index (χ3n) is 11.0. The molecule has 3 amide bonds. The lowest BCUT2D eigenvalue weighted by Gasteiger charge is -2.29. The van der Waals surface area contributed by atoms with Gasteiger partial charge in [-0.3, -0.25) is 14.4 Å². The fraction of sp³-hybridized carbons (Fsp3) is 0.395. The highest BCUT2D eigenvalue weighted by Gasteiger charge is 2.43. The summed E-state index contributed by atoms with van der Waals surface area (Å²) in [5.41, 5.74) is 4.60. The molecule has 2 heterocycles. The summed E-state index contributed by atoms with van der Waals surface area (Å²) >= 11 is 0. The minimum absolute atomic E-state index is 0.0589. The Morgan fingerprint density at radius 3 is 2.35 bits per heavy atom. The average molecular weight is 733 g/mol. The summed E-state index contributed by atoms with van der Waals surface area (Å²) in [4.78, 5) is 52.6. The molecule has 1 saturated heterocycles. The number of carbonyl (C=O) groups excluding carboxylic acids is 3. The van der Waals surface area contributed by atoms with Crippen molar-refractivity contribution in [3.8, 4) is 11.3 Å². The zero-order chi connectivity index (χ0) is 37.5. The number of hydrogen-bond donors (Lipinski definition) is 4. The number of fused-ring (bicyclic) bond motifs is 1. The number of aromatic nitrogens is 1. The Hall–Kier alpha value is -5.26. The Morgan fingerprint density at radius 1 is 0.889 bits per heavy atom. The number of hydrogen-bond acceptors (Lipinski definition) is 6. The number of amides is 3. The van der Waals surface area contributed by atoms with Crippen LogP contribution in [-0.4, -0.2) is 71.4 Å². The Balaban J connectivity index is 1.20. The maximum absolute atomic E-state index is 14.2. The van der Waals surface area contributed by atoms with E-state index >= 15 is 0 Å². The van der Waals surface area contributed by atoms with E-state index in [4.69, 9.17) is 14.6 Å². The molecular weight excluding hydrogens is 684 g/mol. The van der Waals surface area contributed by atoms with Crippen LogP contribution in [0, 0.1) is 0 Å². The normalized spacial score (nSPS) is 18.8. The van der Waals surface area contributed by atoms with Gasteiger partial charge in [-0.25, -0.2) is 4.79 Å². The maximum atomic E-state index is 14.2. The molecule has 54 heavy (non-hydrogen) atoms. The second-order valence-electron chi connectivity index (χ2n) is 14.6. The van der Waals surface area contributed by atoms with Gasteiger partial charge in [0.1, 0.15) is 12.1 Å². The predicted molar refractivity (Wildman–Crippen MR) is 207 cm³/mol. The summed E-state index contributed by atoms with van der Waals surface area (Å²) in [6.07, 6.45) is 10.6. The topological polar surface area (TPSA) is 148 Å². The molecule has 282 valence electrons. The molecule has 3 aliphatic rings. The van der Waals surface area contributed by atoms with Crippen LogP contribution in [0.4, 0.5) is 5.69 Å². The van der Waals surface area contributed by atoms with E-state index in [0.29, 0.717) is 61.9 Å². The van der Waals surface area contributed by atoms with Gasteiger partial charge in [-0.15, -0.1) is 0 Å². The quantitative estimate of drug-likeness (QED) is 0.119. The maximum Gasteiger partial charge on any atom is 0.328 e. The molecular formula is C43H48N4O7. The van der Waals surface area contributed by atoms with Crippen LogP contribution in [0.15, 0.2) is 78.9 Å². The van der Waals surface area contributed by atoms with Gasteiger partial charge in [-0.05, 0) is 78.6 Å². The Kier molecular flexibility index (Phi) is 11.5. The fourth-order valence-electron chi connectivity index (χ4n) is 8.25. The number of nitrogens with one attached hydrogen (secondary N) is 3. The first-order chi connectivity index (χ1) is 26.3. The molecule has 0 radical (unpaired) electrons. The molecule has 2 saturated carbocycles. The third-order valence-corrected chi connectivity index (χ3v) is 11.0. The van der Waals surface area contributed by atoms with Crippen molar-refractivity contribution < 1.29 is 33.8 Å². The van der Waals surface area contributed by atoms with Gasteiger partial charge in [0, 0.05) is 29.3 Å². The van der Waals surface area contributed by atoms with Crippen LogP contribution in [0.25, 0.3) is 28.2 Å². The summed E-state index contributed by atoms with van der Waals surface area (Å²) < 4.78 is 13.4. The van der Waals surface area contributed by atoms with E-state index in [1.807, 2.05) is 36.4 Å². The zero-order valence-corrected chi connectivity index (χ0v) is 30.5. The number of carbonyl (C=O) groups is 4. The number of carboxylic acids is 1. The highest BCUT2D eigenvalue weighted by Crippen LogP contribution is 2.44. The van der Waals surface area contributed by atoms with Gasteiger partial charge in [0.25, 0.3) is 5.91 Å². The fourth-order valence-corrected chi connectivity index (χ4v) is 8.25. The van der Waals surface area contributed by atoms with Crippen molar-refractivity contribution in [2.24, 2.45) is 0 Å². The first kappa shape index (κ1) is 37.1. The van der Waals surface area contributed by atoms with Gasteiger partial charge in [0.15, 0.2) is 0 Å². The Labute approximate surface area is 315 Å². The van der Waals surface area contributed by atoms with Crippen LogP contribution < -0.4 is 16.0 Å². The largest absolute Gasteiger partial charge is 0.478 e. The average Bonchev–Trinajstić information content (AvgIpc) is 3.81. The van der Waals surface area contributed by atoms with Crippen LogP contribution in [0.5, 0.6) is 0 Å². The van der Waals surface area contributed by atoms with Gasteiger partial charge in [-0.2, -0.15) is 0 Å². The molecule has 1 aromatic heterocycles. The lowest BCUT2D eigenvalue weighted by atomic mass is 9.81. The first-order valence-corrected chi connectivity index (χ1v) is 19.1. The van der Waals surface area contributed by atoms with Crippen LogP contribution in [0.2, 0.25) is 0 Å². The molecule has 3 aromatic carbocycles. The van der Waals surface area contributed by atoms with Gasteiger partial charge < -0.3 is 35.1 Å². The molecule has 3 fully saturated rings. The first-order valence-electron chi connectivity index (χ1n) is 19.1.